The van der Waals surface area contributed by atoms with Crippen molar-refractivity contribution in [1.82, 2.24) is 10.2 Å². The molecule has 3 heteroatoms. The Balaban J connectivity index is 2.03. The van der Waals surface area contributed by atoms with E-state index < -0.39 is 0 Å². The molecule has 1 amide bonds. The fourth-order valence-electron chi connectivity index (χ4n) is 2.31. The topological polar surface area (TPSA) is 32.3 Å². The largest absolute Gasteiger partial charge is 0.354 e. The van der Waals surface area contributed by atoms with Gasteiger partial charge in [0.1, 0.15) is 0 Å². The van der Waals surface area contributed by atoms with Crippen molar-refractivity contribution in [3.8, 4) is 0 Å². The minimum atomic E-state index is -0.252. The predicted octanol–water partition coefficient (Wildman–Crippen LogP) is 2.09. The Morgan fingerprint density at radius 2 is 2.11 bits per heavy atom. The van der Waals surface area contributed by atoms with Crippen LogP contribution in [-0.4, -0.2) is 37.5 Å². The van der Waals surface area contributed by atoms with Gasteiger partial charge in [0, 0.05) is 12.6 Å². The van der Waals surface area contributed by atoms with E-state index in [9.17, 15) is 4.79 Å². The summed E-state index contributed by atoms with van der Waals surface area (Å²) in [5.41, 5.74) is 2.14. The number of nitrogens with zero attached hydrogens (tertiary/aromatic N) is 1. The maximum atomic E-state index is 12.4. The number of rotatable bonds is 5. The molecule has 1 aliphatic rings. The Morgan fingerprint density at radius 1 is 1.42 bits per heavy atom. The van der Waals surface area contributed by atoms with Gasteiger partial charge in [-0.05, 0) is 46.3 Å². The number of nitrogens with one attached hydrogen (secondary N) is 1. The highest BCUT2D eigenvalue weighted by Crippen LogP contribution is 2.48. The standard InChI is InChI=1S/C16H24N2O/c1-12-6-5-7-14(10-12)16(8-9-16)15(19)17-11-13(2)18(3)4/h5-7,10,13H,8-9,11H2,1-4H3,(H,17,19)/t13-/m0/s1. The summed E-state index contributed by atoms with van der Waals surface area (Å²) < 4.78 is 0. The highest BCUT2D eigenvalue weighted by atomic mass is 16.2. The molecule has 0 spiro atoms. The minimum absolute atomic E-state index is 0.187. The number of carbonyl (C=O) groups excluding carboxylic acids is 1. The van der Waals surface area contributed by atoms with Crippen LogP contribution in [0.25, 0.3) is 0 Å². The van der Waals surface area contributed by atoms with Crippen LogP contribution in [0.3, 0.4) is 0 Å². The Morgan fingerprint density at radius 3 is 2.63 bits per heavy atom. The minimum Gasteiger partial charge on any atom is -0.354 e. The molecule has 0 aromatic heterocycles. The number of likely N-dealkylation sites (N-methyl/N-ethyl adjacent to an activating group) is 1. The summed E-state index contributed by atoms with van der Waals surface area (Å²) in [6.07, 6.45) is 1.94. The van der Waals surface area contributed by atoms with Crippen LogP contribution in [0, 0.1) is 6.92 Å². The second-order valence-corrected chi connectivity index (χ2v) is 5.97. The van der Waals surface area contributed by atoms with Crippen molar-refractivity contribution in [2.24, 2.45) is 0 Å². The normalized spacial score (nSPS) is 18.2. The highest BCUT2D eigenvalue weighted by Gasteiger charge is 2.51. The molecular weight excluding hydrogens is 236 g/mol. The molecule has 1 aromatic carbocycles. The zero-order valence-corrected chi connectivity index (χ0v) is 12.4. The van der Waals surface area contributed by atoms with E-state index in [1.807, 2.05) is 20.2 Å². The van der Waals surface area contributed by atoms with E-state index >= 15 is 0 Å². The number of aryl methyl sites for hydroxylation is 1. The molecule has 0 radical (unpaired) electrons. The van der Waals surface area contributed by atoms with Crippen molar-refractivity contribution in [1.29, 1.82) is 0 Å². The smallest absolute Gasteiger partial charge is 0.230 e. The third-order valence-electron chi connectivity index (χ3n) is 4.19. The lowest BCUT2D eigenvalue weighted by molar-refractivity contribution is -0.123. The van der Waals surface area contributed by atoms with Gasteiger partial charge in [0.05, 0.1) is 5.41 Å². The maximum Gasteiger partial charge on any atom is 0.230 e. The lowest BCUT2D eigenvalue weighted by Crippen LogP contribution is -2.42. The molecule has 104 valence electrons. The number of benzene rings is 1. The van der Waals surface area contributed by atoms with Crippen molar-refractivity contribution in [3.63, 3.8) is 0 Å². The predicted molar refractivity (Wildman–Crippen MR) is 78.2 cm³/mol. The maximum absolute atomic E-state index is 12.4. The van der Waals surface area contributed by atoms with E-state index in [1.54, 1.807) is 0 Å². The van der Waals surface area contributed by atoms with Gasteiger partial charge in [-0.3, -0.25) is 4.79 Å². The van der Waals surface area contributed by atoms with E-state index in [0.717, 1.165) is 12.8 Å². The molecule has 0 bridgehead atoms. The molecule has 0 unspecified atom stereocenters. The molecule has 2 rings (SSSR count). The summed E-state index contributed by atoms with van der Waals surface area (Å²) in [5, 5.41) is 3.10. The van der Waals surface area contributed by atoms with Gasteiger partial charge >= 0.3 is 0 Å². The van der Waals surface area contributed by atoms with Crippen molar-refractivity contribution < 1.29 is 4.79 Å². The molecule has 0 saturated heterocycles. The molecule has 3 nitrogen and oxygen atoms in total. The van der Waals surface area contributed by atoms with Crippen LogP contribution in [0.1, 0.15) is 30.9 Å². The van der Waals surface area contributed by atoms with E-state index in [4.69, 9.17) is 0 Å². The summed E-state index contributed by atoms with van der Waals surface area (Å²) in [4.78, 5) is 14.6. The molecule has 1 atom stereocenters. The van der Waals surface area contributed by atoms with Crippen LogP contribution in [0.5, 0.6) is 0 Å². The van der Waals surface area contributed by atoms with E-state index in [-0.39, 0.29) is 11.3 Å². The van der Waals surface area contributed by atoms with Gasteiger partial charge in [-0.1, -0.05) is 29.8 Å². The van der Waals surface area contributed by atoms with Crippen LogP contribution in [0.2, 0.25) is 0 Å². The van der Waals surface area contributed by atoms with Crippen molar-refractivity contribution >= 4 is 5.91 Å². The van der Waals surface area contributed by atoms with Gasteiger partial charge in [0.15, 0.2) is 0 Å². The third-order valence-corrected chi connectivity index (χ3v) is 4.19. The van der Waals surface area contributed by atoms with Crippen LogP contribution < -0.4 is 5.32 Å². The van der Waals surface area contributed by atoms with E-state index in [1.165, 1.54) is 11.1 Å². The first-order chi connectivity index (χ1) is 8.95. The lowest BCUT2D eigenvalue weighted by atomic mass is 9.93. The first-order valence-electron chi connectivity index (χ1n) is 6.97. The highest BCUT2D eigenvalue weighted by molar-refractivity contribution is 5.91. The Bertz CT molecular complexity index is 464. The van der Waals surface area contributed by atoms with Gasteiger partial charge < -0.3 is 10.2 Å². The number of carbonyl (C=O) groups is 1. The van der Waals surface area contributed by atoms with Crippen LogP contribution >= 0.6 is 0 Å². The molecule has 1 fully saturated rings. The average Bonchev–Trinajstić information content (AvgIpc) is 3.16. The van der Waals surface area contributed by atoms with Crippen LogP contribution in [-0.2, 0) is 10.2 Å². The first-order valence-corrected chi connectivity index (χ1v) is 6.97. The molecule has 1 aromatic rings. The fourth-order valence-corrected chi connectivity index (χ4v) is 2.31. The summed E-state index contributed by atoms with van der Waals surface area (Å²) >= 11 is 0. The third kappa shape index (κ3) is 2.98. The monoisotopic (exact) mass is 260 g/mol. The molecule has 19 heavy (non-hydrogen) atoms. The van der Waals surface area contributed by atoms with Crippen molar-refractivity contribution in [2.75, 3.05) is 20.6 Å². The SMILES string of the molecule is Cc1cccc(C2(C(=O)NC[C@H](C)N(C)C)CC2)c1. The number of hydrogen-bond donors (Lipinski definition) is 1. The average molecular weight is 260 g/mol. The molecule has 1 aliphatic carbocycles. The van der Waals surface area contributed by atoms with Gasteiger partial charge in [-0.2, -0.15) is 0 Å². The van der Waals surface area contributed by atoms with Gasteiger partial charge in [0.2, 0.25) is 5.91 Å². The van der Waals surface area contributed by atoms with Crippen LogP contribution in [0.4, 0.5) is 0 Å². The Hall–Kier alpha value is -1.35. The molecular formula is C16H24N2O. The molecule has 1 N–H and O–H groups in total. The quantitative estimate of drug-likeness (QED) is 0.879. The van der Waals surface area contributed by atoms with Gasteiger partial charge in [-0.25, -0.2) is 0 Å². The first kappa shape index (κ1) is 14.1. The fraction of sp³-hybridized carbons (Fsp3) is 0.562. The van der Waals surface area contributed by atoms with Crippen LogP contribution in [0.15, 0.2) is 24.3 Å². The van der Waals surface area contributed by atoms with Crippen molar-refractivity contribution in [2.45, 2.75) is 38.1 Å². The Kier molecular flexibility index (Phi) is 3.95. The van der Waals surface area contributed by atoms with Gasteiger partial charge in [0.25, 0.3) is 0 Å². The zero-order valence-electron chi connectivity index (χ0n) is 12.4. The number of hydrogen-bond acceptors (Lipinski definition) is 2. The second-order valence-electron chi connectivity index (χ2n) is 5.97. The Labute approximate surface area is 116 Å². The van der Waals surface area contributed by atoms with E-state index in [2.05, 4.69) is 42.3 Å². The summed E-state index contributed by atoms with van der Waals surface area (Å²) in [6, 6.07) is 8.69. The summed E-state index contributed by atoms with van der Waals surface area (Å²) in [6.45, 7) is 4.90. The van der Waals surface area contributed by atoms with Crippen molar-refractivity contribution in [3.05, 3.63) is 35.4 Å². The lowest BCUT2D eigenvalue weighted by Gasteiger charge is -2.22. The second kappa shape index (κ2) is 5.33. The molecule has 0 aliphatic heterocycles. The molecule has 1 saturated carbocycles. The molecule has 0 heterocycles. The van der Waals surface area contributed by atoms with E-state index in [0.29, 0.717) is 12.6 Å². The number of amides is 1. The van der Waals surface area contributed by atoms with Gasteiger partial charge in [-0.15, -0.1) is 0 Å². The summed E-state index contributed by atoms with van der Waals surface area (Å²) in [5.74, 6) is 0.187. The summed E-state index contributed by atoms with van der Waals surface area (Å²) in [7, 11) is 4.06. The zero-order chi connectivity index (χ0) is 14.0.